The molecule has 274 valence electrons. The van der Waals surface area contributed by atoms with Gasteiger partial charge in [0, 0.05) is 7.14 Å². The molecule has 0 radical (unpaired) electrons. The molecule has 6 N–H and O–H groups in total. The van der Waals surface area contributed by atoms with Crippen LogP contribution in [0.2, 0.25) is 0 Å². The highest BCUT2D eigenvalue weighted by Gasteiger charge is 2.22. The minimum atomic E-state index is -1.33. The van der Waals surface area contributed by atoms with Crippen molar-refractivity contribution in [2.45, 2.75) is 32.5 Å². The number of benzene rings is 4. The fraction of sp³-hybridized carbons (Fsp3) is 0.212. The normalized spacial score (nSPS) is 11.9. The van der Waals surface area contributed by atoms with E-state index in [2.05, 4.69) is 10.6 Å². The van der Waals surface area contributed by atoms with Gasteiger partial charge in [0.2, 0.25) is 0 Å². The highest BCUT2D eigenvalue weighted by Crippen LogP contribution is 2.30. The SMILES string of the molecule is CC(O)CONC(=O)c1ccc(F)c(F)c1Nc1ccc(I)cc1F.CCC(O)CONC(=O)c1ccc(F)c(F)c1Nc1ccc(I)cc1F. The number of hydrogen-bond acceptors (Lipinski definition) is 8. The van der Waals surface area contributed by atoms with E-state index in [-0.39, 0.29) is 35.7 Å². The molecule has 2 amide bonds. The summed E-state index contributed by atoms with van der Waals surface area (Å²) in [6, 6.07) is 11.8. The average Bonchev–Trinajstić information content (AvgIpc) is 3.07. The zero-order valence-corrected chi connectivity index (χ0v) is 30.9. The molecule has 2 unspecified atom stereocenters. The van der Waals surface area contributed by atoms with Crippen molar-refractivity contribution in [1.29, 1.82) is 0 Å². The Morgan fingerprint density at radius 1 is 0.667 bits per heavy atom. The van der Waals surface area contributed by atoms with Gasteiger partial charge in [-0.05, 0) is 119 Å². The summed E-state index contributed by atoms with van der Waals surface area (Å²) in [7, 11) is 0. The Kier molecular flexibility index (Phi) is 16.2. The Balaban J connectivity index is 0.000000276. The van der Waals surface area contributed by atoms with E-state index in [0.29, 0.717) is 13.6 Å². The van der Waals surface area contributed by atoms with Crippen LogP contribution in [0.5, 0.6) is 0 Å². The number of anilines is 4. The first-order valence-electron chi connectivity index (χ1n) is 14.7. The lowest BCUT2D eigenvalue weighted by atomic mass is 10.1. The topological polar surface area (TPSA) is 141 Å². The van der Waals surface area contributed by atoms with Crippen molar-refractivity contribution in [3.63, 3.8) is 0 Å². The molecule has 4 aromatic carbocycles. The molecule has 0 fully saturated rings. The number of hydrogen-bond donors (Lipinski definition) is 6. The molecule has 0 aromatic heterocycles. The molecular formula is C33H30F6I2N4O6. The second-order valence-corrected chi connectivity index (χ2v) is 13.0. The van der Waals surface area contributed by atoms with E-state index < -0.39 is 70.3 Å². The molecule has 51 heavy (non-hydrogen) atoms. The van der Waals surface area contributed by atoms with Gasteiger partial charge >= 0.3 is 0 Å². The number of halogens is 8. The zero-order valence-electron chi connectivity index (χ0n) is 26.6. The molecule has 4 aromatic rings. The third-order valence-electron chi connectivity index (χ3n) is 6.46. The Morgan fingerprint density at radius 3 is 1.45 bits per heavy atom. The minimum Gasteiger partial charge on any atom is -0.391 e. The predicted octanol–water partition coefficient (Wildman–Crippen LogP) is 7.38. The van der Waals surface area contributed by atoms with Gasteiger partial charge in [-0.25, -0.2) is 37.3 Å². The summed E-state index contributed by atoms with van der Waals surface area (Å²) < 4.78 is 84.7. The van der Waals surface area contributed by atoms with Crippen LogP contribution in [0.25, 0.3) is 0 Å². The maximum atomic E-state index is 14.2. The number of aliphatic hydroxyl groups excluding tert-OH is 2. The van der Waals surface area contributed by atoms with E-state index in [1.807, 2.05) is 56.1 Å². The number of amides is 2. The third-order valence-corrected chi connectivity index (χ3v) is 7.80. The summed E-state index contributed by atoms with van der Waals surface area (Å²) in [5.41, 5.74) is 2.17. The van der Waals surface area contributed by atoms with Crippen LogP contribution >= 0.6 is 45.2 Å². The molecule has 10 nitrogen and oxygen atoms in total. The molecule has 0 aliphatic carbocycles. The van der Waals surface area contributed by atoms with Gasteiger partial charge < -0.3 is 20.8 Å². The van der Waals surface area contributed by atoms with Crippen LogP contribution < -0.4 is 21.6 Å². The van der Waals surface area contributed by atoms with Gasteiger partial charge in [-0.2, -0.15) is 0 Å². The largest absolute Gasteiger partial charge is 0.391 e. The Bertz CT molecular complexity index is 1860. The Labute approximate surface area is 315 Å². The van der Waals surface area contributed by atoms with Crippen LogP contribution in [0.15, 0.2) is 60.7 Å². The maximum Gasteiger partial charge on any atom is 0.277 e. The van der Waals surface area contributed by atoms with Gasteiger partial charge in [-0.15, -0.1) is 0 Å². The first-order chi connectivity index (χ1) is 24.1. The first kappa shape index (κ1) is 41.7. The van der Waals surface area contributed by atoms with E-state index in [1.54, 1.807) is 19.1 Å². The highest BCUT2D eigenvalue weighted by molar-refractivity contribution is 14.1. The summed E-state index contributed by atoms with van der Waals surface area (Å²) in [4.78, 5) is 33.9. The smallest absolute Gasteiger partial charge is 0.277 e. The summed E-state index contributed by atoms with van der Waals surface area (Å²) in [5.74, 6) is -8.19. The summed E-state index contributed by atoms with van der Waals surface area (Å²) in [5, 5.41) is 23.3. The Hall–Kier alpha value is -3.70. The predicted molar refractivity (Wildman–Crippen MR) is 192 cm³/mol. The number of carbonyl (C=O) groups is 2. The second-order valence-electron chi connectivity index (χ2n) is 10.5. The van der Waals surface area contributed by atoms with Gasteiger partial charge in [0.25, 0.3) is 11.8 Å². The van der Waals surface area contributed by atoms with Gasteiger partial charge in [-0.1, -0.05) is 6.92 Å². The van der Waals surface area contributed by atoms with Gasteiger partial charge in [0.1, 0.15) is 24.8 Å². The van der Waals surface area contributed by atoms with E-state index in [4.69, 9.17) is 14.8 Å². The molecule has 0 aliphatic rings. The monoisotopic (exact) mass is 946 g/mol. The molecule has 0 bridgehead atoms. The number of aliphatic hydroxyl groups is 2. The van der Waals surface area contributed by atoms with Gasteiger partial charge in [-0.3, -0.25) is 19.3 Å². The number of carbonyl (C=O) groups excluding carboxylic acids is 2. The molecule has 0 heterocycles. The lowest BCUT2D eigenvalue weighted by Crippen LogP contribution is -2.29. The van der Waals surface area contributed by atoms with Crippen molar-refractivity contribution >= 4 is 79.7 Å². The van der Waals surface area contributed by atoms with E-state index in [1.165, 1.54) is 31.2 Å². The molecule has 0 aliphatic heterocycles. The Morgan fingerprint density at radius 2 is 1.08 bits per heavy atom. The molecule has 0 spiro atoms. The van der Waals surface area contributed by atoms with Crippen LogP contribution in [-0.2, 0) is 9.68 Å². The standard InChI is InChI=1S/C17H16F3IN2O3.C16H14F3IN2O3/c1-2-10(24)8-26-23-17(25)11-4-5-12(18)15(20)16(11)22-14-6-3-9(21)7-13(14)19;1-8(23)7-25-22-16(24)10-3-4-11(17)14(19)15(10)21-13-5-2-9(20)6-12(13)18/h3-7,10,22,24H,2,8H2,1H3,(H,23,25);2-6,8,21,23H,7H2,1H3,(H,22,24). The second kappa shape index (κ2) is 19.8. The van der Waals surface area contributed by atoms with Crippen molar-refractivity contribution in [3.8, 4) is 0 Å². The molecule has 2 atom stereocenters. The lowest BCUT2D eigenvalue weighted by Gasteiger charge is -2.15. The summed E-state index contributed by atoms with van der Waals surface area (Å²) >= 11 is 3.80. The first-order valence-corrected chi connectivity index (χ1v) is 16.9. The fourth-order valence-electron chi connectivity index (χ4n) is 3.83. The van der Waals surface area contributed by atoms with Crippen molar-refractivity contribution < 1.29 is 55.8 Å². The van der Waals surface area contributed by atoms with Gasteiger partial charge in [0.15, 0.2) is 23.3 Å². The average molecular weight is 946 g/mol. The molecule has 18 heteroatoms. The van der Waals surface area contributed by atoms with E-state index >= 15 is 0 Å². The van der Waals surface area contributed by atoms with Crippen LogP contribution in [0.4, 0.5) is 49.1 Å². The van der Waals surface area contributed by atoms with Crippen molar-refractivity contribution in [3.05, 3.63) is 114 Å². The molecule has 4 rings (SSSR count). The summed E-state index contributed by atoms with van der Waals surface area (Å²) in [6.45, 7) is 2.81. The highest BCUT2D eigenvalue weighted by atomic mass is 127. The van der Waals surface area contributed by atoms with Crippen LogP contribution in [0.3, 0.4) is 0 Å². The van der Waals surface area contributed by atoms with Gasteiger partial charge in [0.05, 0.1) is 46.1 Å². The molecule has 0 saturated carbocycles. The summed E-state index contributed by atoms with van der Waals surface area (Å²) in [6.07, 6.45) is -1.19. The maximum absolute atomic E-state index is 14.2. The molecule has 0 saturated heterocycles. The van der Waals surface area contributed by atoms with Crippen LogP contribution in [0.1, 0.15) is 41.0 Å². The van der Waals surface area contributed by atoms with E-state index in [0.717, 1.165) is 24.3 Å². The number of rotatable bonds is 13. The lowest BCUT2D eigenvalue weighted by molar-refractivity contribution is -0.0133. The minimum absolute atomic E-state index is 0.119. The third kappa shape index (κ3) is 12.2. The quantitative estimate of drug-likeness (QED) is 0.0464. The van der Waals surface area contributed by atoms with E-state index in [9.17, 15) is 41.0 Å². The van der Waals surface area contributed by atoms with Crippen LogP contribution in [0, 0.1) is 42.0 Å². The van der Waals surface area contributed by atoms with Crippen molar-refractivity contribution in [2.24, 2.45) is 0 Å². The fourth-order valence-corrected chi connectivity index (χ4v) is 4.74. The number of nitrogens with one attached hydrogen (secondary N) is 4. The van der Waals surface area contributed by atoms with Crippen molar-refractivity contribution in [2.75, 3.05) is 23.8 Å². The molecular weight excluding hydrogens is 916 g/mol. The number of hydroxylamine groups is 2. The zero-order chi connectivity index (χ0) is 37.8. The van der Waals surface area contributed by atoms with Crippen molar-refractivity contribution in [1.82, 2.24) is 11.0 Å². The van der Waals surface area contributed by atoms with Crippen LogP contribution in [-0.4, -0.2) is 47.4 Å².